The van der Waals surface area contributed by atoms with Gasteiger partial charge in [-0.15, -0.1) is 11.3 Å². The van der Waals surface area contributed by atoms with Crippen LogP contribution in [0, 0.1) is 6.92 Å². The highest BCUT2D eigenvalue weighted by Gasteiger charge is 2.22. The molecule has 1 amide bonds. The highest BCUT2D eigenvalue weighted by Crippen LogP contribution is 2.31. The molecular formula is C19H17N5O4S. The van der Waals surface area contributed by atoms with Gasteiger partial charge < -0.3 is 20.2 Å². The summed E-state index contributed by atoms with van der Waals surface area (Å²) in [6.07, 6.45) is 0. The van der Waals surface area contributed by atoms with Crippen LogP contribution in [0.4, 0.5) is 0 Å². The Hall–Kier alpha value is -3.66. The largest absolute Gasteiger partial charge is 0.497 e. The maximum absolute atomic E-state index is 12.8. The number of aryl methyl sites for hydroxylation is 1. The number of rotatable bonds is 5. The fourth-order valence-corrected chi connectivity index (χ4v) is 3.92. The van der Waals surface area contributed by atoms with Gasteiger partial charge in [-0.2, -0.15) is 0 Å². The van der Waals surface area contributed by atoms with Crippen LogP contribution in [0.5, 0.6) is 11.5 Å². The maximum atomic E-state index is 12.8. The molecule has 0 bridgehead atoms. The smallest absolute Gasteiger partial charge is 0.332 e. The zero-order valence-electron chi connectivity index (χ0n) is 15.8. The number of nitrogens with zero attached hydrogens (tertiary/aromatic N) is 3. The molecule has 1 aromatic carbocycles. The molecule has 148 valence electrons. The lowest BCUT2D eigenvalue weighted by molar-refractivity contribution is 0.0997. The van der Waals surface area contributed by atoms with E-state index >= 15 is 0 Å². The minimum absolute atomic E-state index is 0.0545. The zero-order valence-corrected chi connectivity index (χ0v) is 16.7. The summed E-state index contributed by atoms with van der Waals surface area (Å²) in [6.45, 7) is 1.92. The number of fused-ring (bicyclic) bond motifs is 1. The first-order chi connectivity index (χ1) is 13.9. The van der Waals surface area contributed by atoms with E-state index < -0.39 is 11.6 Å². The number of nitrogens with two attached hydrogens (primary N) is 1. The molecule has 0 aliphatic carbocycles. The van der Waals surface area contributed by atoms with Crippen LogP contribution in [-0.4, -0.2) is 39.6 Å². The van der Waals surface area contributed by atoms with Crippen molar-refractivity contribution in [2.24, 2.45) is 5.73 Å². The molecule has 3 N–H and O–H groups in total. The van der Waals surface area contributed by atoms with Crippen molar-refractivity contribution in [3.63, 3.8) is 0 Å². The standard InChI is InChI=1S/C19H17N5O4S/c1-9-6-7-29-15(9)17-21-13(16(20)25)14-18(23-17)24(19(26)22-14)11-5-4-10(27-2)8-12(11)28-3/h4-8H,1-3H3,(H2,20,25)(H,22,26). The second kappa shape index (κ2) is 7.06. The summed E-state index contributed by atoms with van der Waals surface area (Å²) in [6, 6.07) is 6.95. The van der Waals surface area contributed by atoms with E-state index in [1.165, 1.54) is 30.1 Å². The van der Waals surface area contributed by atoms with E-state index in [1.54, 1.807) is 18.2 Å². The van der Waals surface area contributed by atoms with Gasteiger partial charge >= 0.3 is 5.69 Å². The van der Waals surface area contributed by atoms with Crippen molar-refractivity contribution in [3.05, 3.63) is 51.4 Å². The van der Waals surface area contributed by atoms with Crippen LogP contribution in [0.15, 0.2) is 34.4 Å². The van der Waals surface area contributed by atoms with Crippen LogP contribution >= 0.6 is 11.3 Å². The summed E-state index contributed by atoms with van der Waals surface area (Å²) in [4.78, 5) is 37.2. The summed E-state index contributed by atoms with van der Waals surface area (Å²) >= 11 is 1.44. The Morgan fingerprint density at radius 1 is 1.21 bits per heavy atom. The number of primary amides is 1. The molecule has 0 saturated carbocycles. The third-order valence-electron chi connectivity index (χ3n) is 4.46. The zero-order chi connectivity index (χ0) is 20.7. The van der Waals surface area contributed by atoms with Crippen molar-refractivity contribution in [3.8, 4) is 27.9 Å². The first kappa shape index (κ1) is 18.7. The van der Waals surface area contributed by atoms with E-state index in [2.05, 4.69) is 15.0 Å². The lowest BCUT2D eigenvalue weighted by atomic mass is 10.2. The van der Waals surface area contributed by atoms with Gasteiger partial charge in [0.2, 0.25) is 0 Å². The normalized spacial score (nSPS) is 11.0. The van der Waals surface area contributed by atoms with Gasteiger partial charge in [0, 0.05) is 6.07 Å². The molecule has 9 nitrogen and oxygen atoms in total. The Morgan fingerprint density at radius 2 is 2.00 bits per heavy atom. The third kappa shape index (κ3) is 3.03. The summed E-state index contributed by atoms with van der Waals surface area (Å²) < 4.78 is 12.0. The number of aromatic amines is 1. The third-order valence-corrected chi connectivity index (χ3v) is 5.48. The quantitative estimate of drug-likeness (QED) is 0.519. The van der Waals surface area contributed by atoms with Gasteiger partial charge in [-0.1, -0.05) is 0 Å². The van der Waals surface area contributed by atoms with Crippen LogP contribution in [0.25, 0.3) is 27.6 Å². The molecular weight excluding hydrogens is 394 g/mol. The molecule has 0 unspecified atom stereocenters. The van der Waals surface area contributed by atoms with Gasteiger partial charge in [0.25, 0.3) is 5.91 Å². The molecule has 3 heterocycles. The number of carbonyl (C=O) groups is 1. The van der Waals surface area contributed by atoms with Gasteiger partial charge in [0.05, 0.1) is 24.8 Å². The van der Waals surface area contributed by atoms with E-state index in [0.717, 1.165) is 10.4 Å². The number of amides is 1. The van der Waals surface area contributed by atoms with E-state index in [-0.39, 0.29) is 16.9 Å². The maximum Gasteiger partial charge on any atom is 0.332 e. The number of imidazole rings is 1. The average molecular weight is 411 g/mol. The molecule has 10 heteroatoms. The van der Waals surface area contributed by atoms with E-state index in [0.29, 0.717) is 23.0 Å². The number of benzene rings is 1. The van der Waals surface area contributed by atoms with Gasteiger partial charge in [-0.25, -0.2) is 19.3 Å². The minimum Gasteiger partial charge on any atom is -0.497 e. The SMILES string of the molecule is COc1ccc(-n2c(=O)[nH]c3c(C(N)=O)nc(-c4sccc4C)nc32)c(OC)c1. The summed E-state index contributed by atoms with van der Waals surface area (Å²) in [5, 5.41) is 1.90. The Bertz CT molecular complexity index is 1300. The number of ether oxygens (including phenoxy) is 2. The number of H-pyrrole nitrogens is 1. The summed E-state index contributed by atoms with van der Waals surface area (Å²) in [5.74, 6) is 0.531. The number of nitrogens with one attached hydrogen (secondary N) is 1. The van der Waals surface area contributed by atoms with Crippen molar-refractivity contribution in [1.82, 2.24) is 19.5 Å². The van der Waals surface area contributed by atoms with E-state index in [9.17, 15) is 9.59 Å². The second-order valence-corrected chi connectivity index (χ2v) is 7.11. The molecule has 29 heavy (non-hydrogen) atoms. The number of methoxy groups -OCH3 is 2. The molecule has 0 fully saturated rings. The summed E-state index contributed by atoms with van der Waals surface area (Å²) in [5.41, 5.74) is 6.76. The fourth-order valence-electron chi connectivity index (χ4n) is 3.06. The lowest BCUT2D eigenvalue weighted by Gasteiger charge is -2.11. The van der Waals surface area contributed by atoms with Gasteiger partial charge in [0.15, 0.2) is 17.2 Å². The predicted octanol–water partition coefficient (Wildman–Crippen LogP) is 2.26. The molecule has 0 spiro atoms. The number of aromatic nitrogens is 4. The average Bonchev–Trinajstić information content (AvgIpc) is 3.28. The molecule has 0 aliphatic rings. The van der Waals surface area contributed by atoms with Crippen LogP contribution in [0.3, 0.4) is 0 Å². The monoisotopic (exact) mass is 411 g/mol. The van der Waals surface area contributed by atoms with E-state index in [1.807, 2.05) is 18.4 Å². The van der Waals surface area contributed by atoms with Crippen LogP contribution in [0.1, 0.15) is 16.1 Å². The number of thiophene rings is 1. The highest BCUT2D eigenvalue weighted by molar-refractivity contribution is 7.13. The first-order valence-corrected chi connectivity index (χ1v) is 9.42. The van der Waals surface area contributed by atoms with Crippen molar-refractivity contribution in [2.75, 3.05) is 14.2 Å². The Balaban J connectivity index is 2.07. The Morgan fingerprint density at radius 3 is 2.62 bits per heavy atom. The Kier molecular flexibility index (Phi) is 4.55. The fraction of sp³-hybridized carbons (Fsp3) is 0.158. The lowest BCUT2D eigenvalue weighted by Crippen LogP contribution is -2.16. The predicted molar refractivity (Wildman–Crippen MR) is 109 cm³/mol. The van der Waals surface area contributed by atoms with Gasteiger partial charge in [-0.3, -0.25) is 4.79 Å². The second-order valence-electron chi connectivity index (χ2n) is 6.19. The molecule has 4 aromatic rings. The number of hydrogen-bond acceptors (Lipinski definition) is 7. The molecule has 3 aromatic heterocycles. The van der Waals surface area contributed by atoms with Crippen molar-refractivity contribution in [1.29, 1.82) is 0 Å². The summed E-state index contributed by atoms with van der Waals surface area (Å²) in [7, 11) is 3.02. The molecule has 4 rings (SSSR count). The molecule has 0 aliphatic heterocycles. The molecule has 0 saturated heterocycles. The molecule has 0 radical (unpaired) electrons. The topological polar surface area (TPSA) is 125 Å². The van der Waals surface area contributed by atoms with Crippen LogP contribution in [-0.2, 0) is 0 Å². The number of carbonyl (C=O) groups excluding carboxylic acids is 1. The first-order valence-electron chi connectivity index (χ1n) is 8.54. The molecule has 0 atom stereocenters. The van der Waals surface area contributed by atoms with Crippen molar-refractivity contribution < 1.29 is 14.3 Å². The van der Waals surface area contributed by atoms with E-state index in [4.69, 9.17) is 15.2 Å². The van der Waals surface area contributed by atoms with Crippen molar-refractivity contribution >= 4 is 28.4 Å². The van der Waals surface area contributed by atoms with Gasteiger partial charge in [-0.05, 0) is 36.1 Å². The number of hydrogen-bond donors (Lipinski definition) is 2. The Labute approximate surface area is 168 Å². The van der Waals surface area contributed by atoms with Crippen molar-refractivity contribution in [2.45, 2.75) is 6.92 Å². The minimum atomic E-state index is -0.761. The highest BCUT2D eigenvalue weighted by atomic mass is 32.1. The van der Waals surface area contributed by atoms with Gasteiger partial charge in [0.1, 0.15) is 17.0 Å². The van der Waals surface area contributed by atoms with Crippen LogP contribution in [0.2, 0.25) is 0 Å². The van der Waals surface area contributed by atoms with Crippen LogP contribution < -0.4 is 20.9 Å².